The number of rotatable bonds is 5. The summed E-state index contributed by atoms with van der Waals surface area (Å²) < 4.78 is 26.4. The average molecular weight is 368 g/mol. The normalized spacial score (nSPS) is 21.8. The molecule has 0 radical (unpaired) electrons. The largest absolute Gasteiger partial charge is 0.317 e. The third-order valence-electron chi connectivity index (χ3n) is 5.73. The van der Waals surface area contributed by atoms with Gasteiger partial charge in [0.05, 0.1) is 11.9 Å². The van der Waals surface area contributed by atoms with Crippen molar-refractivity contribution in [1.82, 2.24) is 14.5 Å². The molecule has 142 valence electrons. The Bertz CT molecular complexity index is 640. The maximum Gasteiger partial charge on any atom is 0.227 e. The van der Waals surface area contributed by atoms with Gasteiger partial charge in [0.25, 0.3) is 0 Å². The Morgan fingerprint density at radius 3 is 2.24 bits per heavy atom. The third kappa shape index (κ3) is 5.30. The second-order valence-electron chi connectivity index (χ2n) is 7.96. The quantitative estimate of drug-likeness (QED) is 0.797. The molecule has 6 heteroatoms. The van der Waals surface area contributed by atoms with Crippen LogP contribution in [0.4, 0.5) is 0 Å². The van der Waals surface area contributed by atoms with E-state index in [-0.39, 0.29) is 5.16 Å². The second kappa shape index (κ2) is 8.67. The Hall–Kier alpha value is -0.880. The molecule has 0 unspecified atom stereocenters. The van der Waals surface area contributed by atoms with E-state index in [9.17, 15) is 8.42 Å². The third-order valence-corrected chi connectivity index (χ3v) is 6.72. The highest BCUT2D eigenvalue weighted by Gasteiger charge is 2.23. The van der Waals surface area contributed by atoms with E-state index in [4.69, 9.17) is 0 Å². The van der Waals surface area contributed by atoms with Gasteiger partial charge in [-0.25, -0.2) is 13.4 Å². The Kier molecular flexibility index (Phi) is 6.55. The first-order valence-electron chi connectivity index (χ1n) is 10.0. The first-order chi connectivity index (χ1) is 12.0. The summed E-state index contributed by atoms with van der Waals surface area (Å²) in [6, 6.07) is 0. The summed E-state index contributed by atoms with van der Waals surface area (Å²) in [5, 5.41) is 0.264. The van der Waals surface area contributed by atoms with E-state index in [1.165, 1.54) is 70.5 Å². The minimum atomic E-state index is -3.28. The molecule has 2 heterocycles. The highest BCUT2D eigenvalue weighted by molar-refractivity contribution is 7.90. The molecule has 0 bridgehead atoms. The zero-order valence-corrected chi connectivity index (χ0v) is 16.4. The molecule has 1 saturated carbocycles. The fourth-order valence-corrected chi connectivity index (χ4v) is 5.17. The minimum absolute atomic E-state index is 0.264. The van der Waals surface area contributed by atoms with Crippen LogP contribution in [-0.4, -0.2) is 42.2 Å². The molecule has 0 aromatic carbocycles. The monoisotopic (exact) mass is 367 g/mol. The van der Waals surface area contributed by atoms with Gasteiger partial charge in [0.15, 0.2) is 0 Å². The molecule has 1 aliphatic carbocycles. The van der Waals surface area contributed by atoms with Crippen molar-refractivity contribution < 1.29 is 8.42 Å². The molecule has 1 aromatic rings. The van der Waals surface area contributed by atoms with Gasteiger partial charge in [-0.1, -0.05) is 38.5 Å². The first-order valence-corrected chi connectivity index (χ1v) is 11.9. The zero-order chi connectivity index (χ0) is 17.7. The lowest BCUT2D eigenvalue weighted by molar-refractivity contribution is 0.229. The van der Waals surface area contributed by atoms with Gasteiger partial charge in [0.1, 0.15) is 0 Å². The van der Waals surface area contributed by atoms with Crippen LogP contribution in [0, 0.1) is 5.92 Å². The minimum Gasteiger partial charge on any atom is -0.317 e. The molecule has 2 fully saturated rings. The predicted molar refractivity (Wildman–Crippen MR) is 100 cm³/mol. The Morgan fingerprint density at radius 2 is 1.60 bits per heavy atom. The van der Waals surface area contributed by atoms with E-state index in [0.717, 1.165) is 31.9 Å². The Balaban J connectivity index is 1.78. The van der Waals surface area contributed by atoms with Crippen LogP contribution in [0.15, 0.2) is 11.4 Å². The molecule has 3 rings (SSSR count). The smallest absolute Gasteiger partial charge is 0.227 e. The van der Waals surface area contributed by atoms with Crippen molar-refractivity contribution in [3.63, 3.8) is 0 Å². The molecular formula is C19H33N3O2S. The van der Waals surface area contributed by atoms with Crippen molar-refractivity contribution >= 4 is 9.84 Å². The van der Waals surface area contributed by atoms with Crippen LogP contribution in [0.1, 0.15) is 69.9 Å². The standard InChI is InChI=1S/C19H33N3O2S/c1-25(23,24)19-20-14-18(16-21-12-8-3-2-4-9-13-21)22(19)15-17-10-6-5-7-11-17/h14,17H,2-13,15-16H2,1H3. The van der Waals surface area contributed by atoms with Crippen LogP contribution in [0.3, 0.4) is 0 Å². The maximum absolute atomic E-state index is 12.2. The number of hydrogen-bond acceptors (Lipinski definition) is 4. The molecule has 0 N–H and O–H groups in total. The van der Waals surface area contributed by atoms with Crippen LogP contribution in [0.5, 0.6) is 0 Å². The Labute approximate surface area is 152 Å². The molecule has 0 spiro atoms. The fraction of sp³-hybridized carbons (Fsp3) is 0.842. The van der Waals surface area contributed by atoms with Crippen molar-refractivity contribution in [1.29, 1.82) is 0 Å². The number of imidazole rings is 1. The van der Waals surface area contributed by atoms with Gasteiger partial charge >= 0.3 is 0 Å². The molecule has 1 aromatic heterocycles. The molecule has 1 aliphatic heterocycles. The van der Waals surface area contributed by atoms with Crippen molar-refractivity contribution in [3.05, 3.63) is 11.9 Å². The zero-order valence-electron chi connectivity index (χ0n) is 15.6. The number of hydrogen-bond donors (Lipinski definition) is 0. The van der Waals surface area contributed by atoms with Gasteiger partial charge < -0.3 is 4.57 Å². The van der Waals surface area contributed by atoms with Crippen molar-refractivity contribution in [2.45, 2.75) is 82.5 Å². The number of nitrogens with zero attached hydrogens (tertiary/aromatic N) is 3. The van der Waals surface area contributed by atoms with Gasteiger partial charge in [0, 0.05) is 19.3 Å². The summed E-state index contributed by atoms with van der Waals surface area (Å²) in [4.78, 5) is 6.79. The highest BCUT2D eigenvalue weighted by Crippen LogP contribution is 2.27. The Morgan fingerprint density at radius 1 is 1.00 bits per heavy atom. The first kappa shape index (κ1) is 18.9. The summed E-state index contributed by atoms with van der Waals surface area (Å²) in [6.07, 6.45) is 15.8. The molecular weight excluding hydrogens is 334 g/mol. The lowest BCUT2D eigenvalue weighted by Gasteiger charge is -2.27. The molecule has 0 amide bonds. The van der Waals surface area contributed by atoms with E-state index in [2.05, 4.69) is 9.88 Å². The van der Waals surface area contributed by atoms with Gasteiger partial charge in [-0.2, -0.15) is 0 Å². The topological polar surface area (TPSA) is 55.2 Å². The van der Waals surface area contributed by atoms with Crippen LogP contribution in [-0.2, 0) is 22.9 Å². The molecule has 0 atom stereocenters. The van der Waals surface area contributed by atoms with Gasteiger partial charge in [-0.3, -0.25) is 4.90 Å². The van der Waals surface area contributed by atoms with E-state index in [1.54, 1.807) is 6.20 Å². The van der Waals surface area contributed by atoms with Crippen molar-refractivity contribution in [2.75, 3.05) is 19.3 Å². The number of sulfone groups is 1. The van der Waals surface area contributed by atoms with Crippen molar-refractivity contribution in [3.8, 4) is 0 Å². The maximum atomic E-state index is 12.2. The van der Waals surface area contributed by atoms with E-state index in [0.29, 0.717) is 5.92 Å². The number of likely N-dealkylation sites (tertiary alicyclic amines) is 1. The van der Waals surface area contributed by atoms with Crippen LogP contribution in [0.25, 0.3) is 0 Å². The lowest BCUT2D eigenvalue weighted by Crippen LogP contribution is -2.29. The summed E-state index contributed by atoms with van der Waals surface area (Å²) in [7, 11) is -3.28. The molecule has 25 heavy (non-hydrogen) atoms. The van der Waals surface area contributed by atoms with E-state index in [1.807, 2.05) is 4.57 Å². The SMILES string of the molecule is CS(=O)(=O)c1ncc(CN2CCCCCCC2)n1CC1CCCCC1. The summed E-state index contributed by atoms with van der Waals surface area (Å²) >= 11 is 0. The lowest BCUT2D eigenvalue weighted by atomic mass is 9.89. The fourth-order valence-electron chi connectivity index (χ4n) is 4.34. The average Bonchev–Trinajstić information content (AvgIpc) is 2.93. The summed E-state index contributed by atoms with van der Waals surface area (Å²) in [5.41, 5.74) is 1.08. The summed E-state index contributed by atoms with van der Waals surface area (Å²) in [6.45, 7) is 3.87. The second-order valence-corrected chi connectivity index (χ2v) is 9.87. The van der Waals surface area contributed by atoms with Crippen molar-refractivity contribution in [2.24, 2.45) is 5.92 Å². The number of aromatic nitrogens is 2. The summed E-state index contributed by atoms with van der Waals surface area (Å²) in [5.74, 6) is 0.592. The van der Waals surface area contributed by atoms with Crippen LogP contribution >= 0.6 is 0 Å². The van der Waals surface area contributed by atoms with Crippen LogP contribution < -0.4 is 0 Å². The highest BCUT2D eigenvalue weighted by atomic mass is 32.2. The predicted octanol–water partition coefficient (Wildman–Crippen LogP) is 3.63. The van der Waals surface area contributed by atoms with Gasteiger partial charge in [-0.05, 0) is 44.7 Å². The molecule has 1 saturated heterocycles. The van der Waals surface area contributed by atoms with Crippen LogP contribution in [0.2, 0.25) is 0 Å². The van der Waals surface area contributed by atoms with Gasteiger partial charge in [-0.15, -0.1) is 0 Å². The van der Waals surface area contributed by atoms with E-state index >= 15 is 0 Å². The van der Waals surface area contributed by atoms with Gasteiger partial charge in [0.2, 0.25) is 15.0 Å². The molecule has 2 aliphatic rings. The van der Waals surface area contributed by atoms with E-state index < -0.39 is 9.84 Å². The molecule has 5 nitrogen and oxygen atoms in total.